The topological polar surface area (TPSA) is 197 Å². The van der Waals surface area contributed by atoms with Gasteiger partial charge in [-0.1, -0.05) is 59.3 Å². The third kappa shape index (κ3) is 10.1. The number of carbonyl (C=O) groups excluding carboxylic acids is 2. The van der Waals surface area contributed by atoms with Crippen LogP contribution in [0.15, 0.2) is 0 Å². The quantitative estimate of drug-likeness (QED) is 0.159. The van der Waals surface area contributed by atoms with Crippen LogP contribution in [0.25, 0.3) is 0 Å². The van der Waals surface area contributed by atoms with Crippen molar-refractivity contribution in [1.29, 1.82) is 0 Å². The van der Waals surface area contributed by atoms with Crippen molar-refractivity contribution in [2.24, 2.45) is 23.7 Å². The minimum atomic E-state index is -5.08. The van der Waals surface area contributed by atoms with Crippen molar-refractivity contribution < 1.29 is 72.0 Å². The summed E-state index contributed by atoms with van der Waals surface area (Å²) < 4.78 is 72.1. The summed E-state index contributed by atoms with van der Waals surface area (Å²) in [5.41, 5.74) is 0. The van der Waals surface area contributed by atoms with Gasteiger partial charge in [0.1, 0.15) is 48.8 Å². The summed E-state index contributed by atoms with van der Waals surface area (Å²) in [5.74, 6) is -0.681. The van der Waals surface area contributed by atoms with Gasteiger partial charge in [0, 0.05) is 20.0 Å². The van der Waals surface area contributed by atoms with Gasteiger partial charge in [-0.2, -0.15) is 13.2 Å². The molecule has 3 heterocycles. The summed E-state index contributed by atoms with van der Waals surface area (Å²) in [7, 11) is 0. The zero-order valence-electron chi connectivity index (χ0n) is 31.7. The van der Waals surface area contributed by atoms with Crippen LogP contribution in [0.5, 0.6) is 0 Å². The molecule has 2 amide bonds. The zero-order chi connectivity index (χ0) is 39.5. The molecule has 14 nitrogen and oxygen atoms in total. The van der Waals surface area contributed by atoms with Crippen LogP contribution in [-0.2, 0) is 33.3 Å². The molecule has 3 saturated heterocycles. The Morgan fingerprint density at radius 2 is 1.57 bits per heavy atom. The molecule has 312 valence electrons. The fourth-order valence-electron chi connectivity index (χ4n) is 8.79. The van der Waals surface area contributed by atoms with Crippen molar-refractivity contribution in [1.82, 2.24) is 10.2 Å². The van der Waals surface area contributed by atoms with E-state index in [1.54, 1.807) is 4.90 Å². The van der Waals surface area contributed by atoms with E-state index >= 15 is 0 Å². The average molecular weight is 783 g/mol. The monoisotopic (exact) mass is 782 g/mol. The summed E-state index contributed by atoms with van der Waals surface area (Å²) in [6, 6.07) is -1.21. The number of rotatable bonds is 13. The molecule has 0 aromatic carbocycles. The molecule has 0 spiro atoms. The van der Waals surface area contributed by atoms with Gasteiger partial charge in [0.25, 0.3) is 5.91 Å². The molecule has 0 bridgehead atoms. The van der Waals surface area contributed by atoms with Crippen LogP contribution < -0.4 is 5.32 Å². The number of halogens is 3. The van der Waals surface area contributed by atoms with E-state index in [1.807, 2.05) is 20.8 Å². The standard InChI is InChI=1S/C37H61F3N2O12/c1-5-21-15-22(18(2)3)16-23(31(21)53-36-30(48)28(46)29(47)33(54-36)37(38,39)40)51-35-26(41-19(4)44)32(27(45)25(17-43)52-35)50-24(34(49)42-12-9-13-42)14-20-10-7-6-8-11-20/h18,20-33,35-36,43,45-48H,5-17H2,1-4H3,(H,41,44)/t21-,22?,23?,24+,25+,26?,27?,28?,29?,30?,31?,32?,33?,35-,36?/m1/s1. The highest BCUT2D eigenvalue weighted by Gasteiger charge is 2.57. The Hall–Kier alpha value is -1.67. The first-order valence-corrected chi connectivity index (χ1v) is 19.8. The largest absolute Gasteiger partial charge is 0.417 e. The van der Waals surface area contributed by atoms with E-state index in [0.717, 1.165) is 38.5 Å². The lowest BCUT2D eigenvalue weighted by Gasteiger charge is -2.50. The molecule has 2 aliphatic carbocycles. The number of nitrogens with one attached hydrogen (secondary N) is 1. The Morgan fingerprint density at radius 1 is 0.889 bits per heavy atom. The Kier molecular flexibility index (Phi) is 15.1. The molecule has 0 aromatic rings. The van der Waals surface area contributed by atoms with Gasteiger partial charge in [-0.25, -0.2) is 0 Å². The van der Waals surface area contributed by atoms with Gasteiger partial charge in [0.05, 0.1) is 18.8 Å². The number of amides is 2. The molecule has 6 N–H and O–H groups in total. The number of likely N-dealkylation sites (tertiary alicyclic amines) is 1. The molecule has 5 aliphatic rings. The first kappa shape index (κ1) is 43.5. The summed E-state index contributed by atoms with van der Waals surface area (Å²) in [4.78, 5) is 28.2. The maximum Gasteiger partial charge on any atom is 0.417 e. The minimum absolute atomic E-state index is 0.0374. The van der Waals surface area contributed by atoms with E-state index in [0.29, 0.717) is 38.8 Å². The highest BCUT2D eigenvalue weighted by atomic mass is 19.4. The van der Waals surface area contributed by atoms with Gasteiger partial charge in [-0.3, -0.25) is 9.59 Å². The van der Waals surface area contributed by atoms with Crippen LogP contribution in [0.1, 0.15) is 91.9 Å². The van der Waals surface area contributed by atoms with Crippen molar-refractivity contribution >= 4 is 11.8 Å². The molecule has 54 heavy (non-hydrogen) atoms. The summed E-state index contributed by atoms with van der Waals surface area (Å²) in [6.07, 6.45) is -17.3. The fourth-order valence-corrected chi connectivity index (χ4v) is 8.79. The smallest absolute Gasteiger partial charge is 0.394 e. The molecule has 3 aliphatic heterocycles. The average Bonchev–Trinajstić information content (AvgIpc) is 3.09. The lowest BCUT2D eigenvalue weighted by atomic mass is 9.72. The molecule has 0 aromatic heterocycles. The summed E-state index contributed by atoms with van der Waals surface area (Å²) in [6.45, 7) is 7.67. The Balaban J connectivity index is 1.45. The number of alkyl halides is 3. The first-order chi connectivity index (χ1) is 25.5. The third-order valence-corrected chi connectivity index (χ3v) is 12.2. The number of ether oxygens (including phenoxy) is 5. The second kappa shape index (κ2) is 18.7. The van der Waals surface area contributed by atoms with Crippen molar-refractivity contribution in [2.75, 3.05) is 19.7 Å². The van der Waals surface area contributed by atoms with E-state index in [4.69, 9.17) is 23.7 Å². The summed E-state index contributed by atoms with van der Waals surface area (Å²) >= 11 is 0. The number of carbonyl (C=O) groups is 2. The van der Waals surface area contributed by atoms with Gasteiger partial charge in [0.15, 0.2) is 18.7 Å². The molecular formula is C37H61F3N2O12. The Labute approximate surface area is 315 Å². The maximum absolute atomic E-state index is 13.9. The van der Waals surface area contributed by atoms with Crippen LogP contribution in [0, 0.1) is 23.7 Å². The minimum Gasteiger partial charge on any atom is -0.394 e. The van der Waals surface area contributed by atoms with Crippen LogP contribution in [0.3, 0.4) is 0 Å². The second-order valence-corrected chi connectivity index (χ2v) is 16.3. The third-order valence-electron chi connectivity index (χ3n) is 12.2. The van der Waals surface area contributed by atoms with Crippen LogP contribution >= 0.6 is 0 Å². The van der Waals surface area contributed by atoms with Crippen molar-refractivity contribution in [3.63, 3.8) is 0 Å². The first-order valence-electron chi connectivity index (χ1n) is 19.8. The van der Waals surface area contributed by atoms with E-state index in [1.165, 1.54) is 6.92 Å². The Bertz CT molecular complexity index is 1220. The highest BCUT2D eigenvalue weighted by Crippen LogP contribution is 2.43. The molecule has 5 fully saturated rings. The predicted molar refractivity (Wildman–Crippen MR) is 184 cm³/mol. The zero-order valence-corrected chi connectivity index (χ0v) is 31.7. The molecule has 11 unspecified atom stereocenters. The lowest BCUT2D eigenvalue weighted by molar-refractivity contribution is -0.373. The fraction of sp³-hybridized carbons (Fsp3) is 0.946. The maximum atomic E-state index is 13.9. The van der Waals surface area contributed by atoms with E-state index < -0.39 is 98.4 Å². The van der Waals surface area contributed by atoms with E-state index in [2.05, 4.69) is 5.32 Å². The number of aliphatic hydroxyl groups is 5. The number of nitrogens with zero attached hydrogens (tertiary/aromatic N) is 1. The normalized spacial score (nSPS) is 40.3. The molecule has 0 radical (unpaired) electrons. The molecule has 2 saturated carbocycles. The lowest BCUT2D eigenvalue weighted by Crippen LogP contribution is -2.67. The van der Waals surface area contributed by atoms with E-state index in [9.17, 15) is 48.3 Å². The summed E-state index contributed by atoms with van der Waals surface area (Å²) in [5, 5.41) is 56.0. The van der Waals surface area contributed by atoms with Crippen molar-refractivity contribution in [3.8, 4) is 0 Å². The van der Waals surface area contributed by atoms with Gasteiger partial charge in [0.2, 0.25) is 5.91 Å². The number of hydrogen-bond donors (Lipinski definition) is 6. The molecule has 5 rings (SSSR count). The molecule has 15 atom stereocenters. The van der Waals surface area contributed by atoms with Crippen LogP contribution in [0.2, 0.25) is 0 Å². The van der Waals surface area contributed by atoms with Crippen molar-refractivity contribution in [3.05, 3.63) is 0 Å². The van der Waals surface area contributed by atoms with Gasteiger partial charge in [-0.05, 0) is 49.4 Å². The van der Waals surface area contributed by atoms with Crippen molar-refractivity contribution in [2.45, 2.75) is 178 Å². The van der Waals surface area contributed by atoms with Gasteiger partial charge in [-0.15, -0.1) is 0 Å². The molecular weight excluding hydrogens is 721 g/mol. The highest BCUT2D eigenvalue weighted by molar-refractivity contribution is 5.81. The number of aliphatic hydroxyl groups excluding tert-OH is 5. The second-order valence-electron chi connectivity index (χ2n) is 16.3. The number of hydrogen-bond acceptors (Lipinski definition) is 12. The van der Waals surface area contributed by atoms with E-state index in [-0.39, 0.29) is 29.6 Å². The molecule has 17 heteroatoms. The van der Waals surface area contributed by atoms with Gasteiger partial charge < -0.3 is 59.4 Å². The van der Waals surface area contributed by atoms with Crippen LogP contribution in [-0.4, -0.2) is 148 Å². The Morgan fingerprint density at radius 3 is 2.13 bits per heavy atom. The van der Waals surface area contributed by atoms with Crippen LogP contribution in [0.4, 0.5) is 13.2 Å². The van der Waals surface area contributed by atoms with Gasteiger partial charge >= 0.3 is 6.18 Å². The predicted octanol–water partition coefficient (Wildman–Crippen LogP) is 1.76. The SMILES string of the molecule is CC[C@@H]1CC(C(C)C)CC(O[C@@H]2O[C@@H](CO)C(O)C(O[C@@H](CC3CCCCC3)C(=O)N3CCC3)C2NC(C)=O)C1OC1OC(C(F)(F)F)C(O)C(O)C1O.